The molecular weight excluding hydrogens is 380 g/mol. The highest BCUT2D eigenvalue weighted by Crippen LogP contribution is 2.39. The fraction of sp³-hybridized carbons (Fsp3) is 0.478. The van der Waals surface area contributed by atoms with Gasteiger partial charge < -0.3 is 14.2 Å². The lowest BCUT2D eigenvalue weighted by molar-refractivity contribution is -0.124. The van der Waals surface area contributed by atoms with Gasteiger partial charge in [0.1, 0.15) is 5.69 Å². The predicted molar refractivity (Wildman–Crippen MR) is 111 cm³/mol. The normalized spacial score (nSPS) is 21.2. The van der Waals surface area contributed by atoms with Crippen LogP contribution >= 0.6 is 0 Å². The van der Waals surface area contributed by atoms with E-state index in [9.17, 15) is 4.79 Å². The Morgan fingerprint density at radius 3 is 2.87 bits per heavy atom. The number of pyridine rings is 1. The molecule has 1 amide bonds. The summed E-state index contributed by atoms with van der Waals surface area (Å²) in [6.45, 7) is 3.97. The fourth-order valence-electron chi connectivity index (χ4n) is 4.88. The Morgan fingerprint density at radius 2 is 2.07 bits per heavy atom. The highest BCUT2D eigenvalue weighted by Gasteiger charge is 2.41. The van der Waals surface area contributed by atoms with Crippen molar-refractivity contribution >= 4 is 16.7 Å². The Labute approximate surface area is 175 Å². The lowest BCUT2D eigenvalue weighted by Crippen LogP contribution is -2.51. The molecule has 30 heavy (non-hydrogen) atoms. The average Bonchev–Trinajstić information content (AvgIpc) is 3.18. The van der Waals surface area contributed by atoms with Crippen LogP contribution in [0.1, 0.15) is 47.9 Å². The van der Waals surface area contributed by atoms with Crippen LogP contribution in [-0.2, 0) is 11.2 Å². The van der Waals surface area contributed by atoms with Crippen molar-refractivity contribution in [1.82, 2.24) is 20.0 Å². The summed E-state index contributed by atoms with van der Waals surface area (Å²) in [7, 11) is 0. The van der Waals surface area contributed by atoms with Gasteiger partial charge in [-0.25, -0.2) is 0 Å². The number of carbonyl (C=O) groups excluding carboxylic acids is 1. The van der Waals surface area contributed by atoms with Crippen LogP contribution in [0.15, 0.2) is 41.1 Å². The average molecular weight is 406 g/mol. The second-order valence-electron chi connectivity index (χ2n) is 8.50. The number of fused-ring (bicyclic) bond motifs is 1. The van der Waals surface area contributed by atoms with Crippen LogP contribution in [-0.4, -0.2) is 51.2 Å². The first-order valence-electron chi connectivity index (χ1n) is 10.7. The van der Waals surface area contributed by atoms with Crippen LogP contribution in [0.5, 0.6) is 0 Å². The van der Waals surface area contributed by atoms with Crippen molar-refractivity contribution < 1.29 is 14.1 Å². The highest BCUT2D eigenvalue weighted by molar-refractivity contribution is 6.05. The van der Waals surface area contributed by atoms with E-state index in [4.69, 9.17) is 9.26 Å². The van der Waals surface area contributed by atoms with Crippen molar-refractivity contribution in [2.24, 2.45) is 5.92 Å². The molecule has 2 aromatic heterocycles. The largest absolute Gasteiger partial charge is 0.375 e. The van der Waals surface area contributed by atoms with Crippen molar-refractivity contribution in [1.29, 1.82) is 0 Å². The molecular formula is C23H26N4O3. The minimum atomic E-state index is -0.152. The second-order valence-corrected chi connectivity index (χ2v) is 8.50. The number of aromatic nitrogens is 3. The third-order valence-electron chi connectivity index (χ3n) is 6.47. The summed E-state index contributed by atoms with van der Waals surface area (Å²) in [5.74, 6) is 1.88. The number of nitrogens with zero attached hydrogens (tertiary/aromatic N) is 4. The maximum absolute atomic E-state index is 13.2. The van der Waals surface area contributed by atoms with E-state index < -0.39 is 0 Å². The van der Waals surface area contributed by atoms with Crippen LogP contribution in [0.2, 0.25) is 0 Å². The third-order valence-corrected chi connectivity index (χ3v) is 6.47. The first-order chi connectivity index (χ1) is 14.6. The van der Waals surface area contributed by atoms with Gasteiger partial charge in [0.05, 0.1) is 5.60 Å². The number of piperidine rings is 1. The summed E-state index contributed by atoms with van der Waals surface area (Å²) in [5, 5.41) is 5.85. The minimum absolute atomic E-state index is 0.00958. The quantitative estimate of drug-likeness (QED) is 0.661. The number of aryl methyl sites for hydroxylation is 1. The van der Waals surface area contributed by atoms with E-state index in [1.807, 2.05) is 42.2 Å². The number of rotatable bonds is 3. The SMILES string of the molecule is Cc1noc(CC2CCOC3(CCN(C(=O)c4nccc5ccccc45)CC3)C2)n1. The van der Waals surface area contributed by atoms with Crippen molar-refractivity contribution in [3.8, 4) is 0 Å². The molecule has 2 aliphatic heterocycles. The first-order valence-corrected chi connectivity index (χ1v) is 10.7. The van der Waals surface area contributed by atoms with Crippen LogP contribution in [0.4, 0.5) is 0 Å². The Morgan fingerprint density at radius 1 is 1.23 bits per heavy atom. The lowest BCUT2D eigenvalue weighted by Gasteiger charge is -2.46. The molecule has 7 nitrogen and oxygen atoms in total. The lowest BCUT2D eigenvalue weighted by atomic mass is 9.78. The molecule has 3 aromatic rings. The van der Waals surface area contributed by atoms with Gasteiger partial charge in [-0.1, -0.05) is 29.4 Å². The summed E-state index contributed by atoms with van der Waals surface area (Å²) in [6, 6.07) is 9.85. The Bertz CT molecular complexity index is 1050. The minimum Gasteiger partial charge on any atom is -0.375 e. The monoisotopic (exact) mass is 406 g/mol. The van der Waals surface area contributed by atoms with Crippen LogP contribution in [0.25, 0.3) is 10.8 Å². The maximum Gasteiger partial charge on any atom is 0.273 e. The van der Waals surface area contributed by atoms with Gasteiger partial charge in [0.15, 0.2) is 5.82 Å². The molecule has 1 atom stereocenters. The topological polar surface area (TPSA) is 81.4 Å². The van der Waals surface area contributed by atoms with Crippen molar-refractivity contribution in [3.05, 3.63) is 53.9 Å². The number of hydrogen-bond acceptors (Lipinski definition) is 6. The Balaban J connectivity index is 1.25. The molecule has 5 rings (SSSR count). The molecule has 2 aliphatic rings. The predicted octanol–water partition coefficient (Wildman–Crippen LogP) is 3.57. The zero-order valence-electron chi connectivity index (χ0n) is 17.2. The molecule has 0 radical (unpaired) electrons. The number of hydrogen-bond donors (Lipinski definition) is 0. The molecule has 0 aliphatic carbocycles. The number of amides is 1. The molecule has 1 unspecified atom stereocenters. The third kappa shape index (κ3) is 3.69. The number of carbonyl (C=O) groups is 1. The van der Waals surface area contributed by atoms with E-state index in [0.717, 1.165) is 49.5 Å². The maximum atomic E-state index is 13.2. The van der Waals surface area contributed by atoms with Gasteiger partial charge in [-0.2, -0.15) is 4.98 Å². The van der Waals surface area contributed by atoms with E-state index in [-0.39, 0.29) is 11.5 Å². The Hall–Kier alpha value is -2.80. The summed E-state index contributed by atoms with van der Waals surface area (Å²) in [6.07, 6.45) is 6.20. The van der Waals surface area contributed by atoms with Gasteiger partial charge in [-0.15, -0.1) is 0 Å². The first kappa shape index (κ1) is 19.2. The van der Waals surface area contributed by atoms with Crippen LogP contribution < -0.4 is 0 Å². The molecule has 1 spiro atoms. The summed E-state index contributed by atoms with van der Waals surface area (Å²) >= 11 is 0. The highest BCUT2D eigenvalue weighted by atomic mass is 16.5. The number of benzene rings is 1. The zero-order valence-corrected chi connectivity index (χ0v) is 17.2. The van der Waals surface area contributed by atoms with Gasteiger partial charge in [0.2, 0.25) is 5.89 Å². The van der Waals surface area contributed by atoms with Crippen molar-refractivity contribution in [2.75, 3.05) is 19.7 Å². The van der Waals surface area contributed by atoms with E-state index >= 15 is 0 Å². The molecule has 7 heteroatoms. The van der Waals surface area contributed by atoms with Gasteiger partial charge in [0.25, 0.3) is 5.91 Å². The molecule has 1 aromatic carbocycles. The number of likely N-dealkylation sites (tertiary alicyclic amines) is 1. The summed E-state index contributed by atoms with van der Waals surface area (Å²) in [5.41, 5.74) is 0.388. The second kappa shape index (κ2) is 7.80. The molecule has 0 N–H and O–H groups in total. The Kier molecular flexibility index (Phi) is 4.98. The molecule has 4 heterocycles. The van der Waals surface area contributed by atoms with Crippen molar-refractivity contribution in [3.63, 3.8) is 0 Å². The van der Waals surface area contributed by atoms with E-state index in [2.05, 4.69) is 15.1 Å². The molecule has 156 valence electrons. The van der Waals surface area contributed by atoms with Crippen molar-refractivity contribution in [2.45, 2.75) is 44.6 Å². The van der Waals surface area contributed by atoms with Gasteiger partial charge >= 0.3 is 0 Å². The van der Waals surface area contributed by atoms with E-state index in [0.29, 0.717) is 36.4 Å². The standard InChI is InChI=1S/C23H26N4O3/c1-16-25-20(30-26-16)14-17-7-13-29-23(15-17)8-11-27(12-9-23)22(28)21-19-5-3-2-4-18(19)6-10-24-21/h2-6,10,17H,7-9,11-15H2,1H3. The molecule has 2 saturated heterocycles. The number of ether oxygens (including phenoxy) is 1. The molecule has 2 fully saturated rings. The van der Waals surface area contributed by atoms with E-state index in [1.165, 1.54) is 0 Å². The van der Waals surface area contributed by atoms with Crippen LogP contribution in [0, 0.1) is 12.8 Å². The summed E-state index contributed by atoms with van der Waals surface area (Å²) < 4.78 is 11.6. The van der Waals surface area contributed by atoms with Crippen LogP contribution in [0.3, 0.4) is 0 Å². The van der Waals surface area contributed by atoms with Gasteiger partial charge in [0, 0.05) is 37.7 Å². The zero-order chi connectivity index (χ0) is 20.6. The van der Waals surface area contributed by atoms with Gasteiger partial charge in [-0.3, -0.25) is 9.78 Å². The van der Waals surface area contributed by atoms with E-state index in [1.54, 1.807) is 6.20 Å². The summed E-state index contributed by atoms with van der Waals surface area (Å²) in [4.78, 5) is 23.9. The molecule has 0 bridgehead atoms. The molecule has 0 saturated carbocycles. The fourth-order valence-corrected chi connectivity index (χ4v) is 4.88. The van der Waals surface area contributed by atoms with Gasteiger partial charge in [-0.05, 0) is 50.0 Å². The smallest absolute Gasteiger partial charge is 0.273 e.